The van der Waals surface area contributed by atoms with Crippen molar-refractivity contribution in [2.75, 3.05) is 28.4 Å². The van der Waals surface area contributed by atoms with E-state index in [1.807, 2.05) is 19.2 Å². The molecule has 0 radical (unpaired) electrons. The standard InChI is InChI=1S/C15H25NO3/c1-6-7-8-12(16-2)11-9-14(18-4)15(19-5)10-13(11)17-3/h9-10,12,16H,6-8H2,1-5H3. The topological polar surface area (TPSA) is 39.7 Å². The summed E-state index contributed by atoms with van der Waals surface area (Å²) in [5, 5.41) is 3.34. The molecule has 0 aliphatic rings. The van der Waals surface area contributed by atoms with E-state index in [-0.39, 0.29) is 6.04 Å². The molecule has 4 heteroatoms. The van der Waals surface area contributed by atoms with Crippen LogP contribution in [-0.2, 0) is 0 Å². The second-order valence-electron chi connectivity index (χ2n) is 4.43. The van der Waals surface area contributed by atoms with E-state index in [0.29, 0.717) is 5.75 Å². The molecule has 1 atom stereocenters. The van der Waals surface area contributed by atoms with Gasteiger partial charge in [0.2, 0.25) is 0 Å². The van der Waals surface area contributed by atoms with Crippen LogP contribution in [0.15, 0.2) is 12.1 Å². The van der Waals surface area contributed by atoms with Gasteiger partial charge in [0.25, 0.3) is 0 Å². The summed E-state index contributed by atoms with van der Waals surface area (Å²) in [4.78, 5) is 0. The number of hydrogen-bond acceptors (Lipinski definition) is 4. The summed E-state index contributed by atoms with van der Waals surface area (Å²) in [6.45, 7) is 2.19. The summed E-state index contributed by atoms with van der Waals surface area (Å²) in [5.41, 5.74) is 1.11. The molecule has 4 nitrogen and oxygen atoms in total. The molecule has 0 aliphatic carbocycles. The van der Waals surface area contributed by atoms with Crippen LogP contribution in [0.4, 0.5) is 0 Å². The first-order chi connectivity index (χ1) is 9.21. The maximum atomic E-state index is 5.47. The van der Waals surface area contributed by atoms with Crippen LogP contribution >= 0.6 is 0 Å². The van der Waals surface area contributed by atoms with E-state index in [1.165, 1.54) is 12.8 Å². The van der Waals surface area contributed by atoms with Crippen LogP contribution < -0.4 is 19.5 Å². The molecule has 1 N–H and O–H groups in total. The first kappa shape index (κ1) is 15.6. The number of rotatable bonds is 8. The minimum atomic E-state index is 0.259. The van der Waals surface area contributed by atoms with Gasteiger partial charge < -0.3 is 19.5 Å². The van der Waals surface area contributed by atoms with Crippen molar-refractivity contribution in [1.82, 2.24) is 5.32 Å². The lowest BCUT2D eigenvalue weighted by atomic mass is 9.99. The Balaban J connectivity index is 3.15. The molecule has 0 bridgehead atoms. The van der Waals surface area contributed by atoms with Gasteiger partial charge in [0.1, 0.15) is 5.75 Å². The maximum Gasteiger partial charge on any atom is 0.164 e. The Labute approximate surface area is 116 Å². The molecule has 1 aromatic carbocycles. The molecule has 0 aliphatic heterocycles. The Hall–Kier alpha value is -1.42. The van der Waals surface area contributed by atoms with E-state index in [2.05, 4.69) is 12.2 Å². The highest BCUT2D eigenvalue weighted by molar-refractivity contribution is 5.51. The monoisotopic (exact) mass is 267 g/mol. The largest absolute Gasteiger partial charge is 0.496 e. The number of benzene rings is 1. The average Bonchev–Trinajstić information content (AvgIpc) is 2.47. The van der Waals surface area contributed by atoms with Crippen LogP contribution in [0.25, 0.3) is 0 Å². The third kappa shape index (κ3) is 3.77. The van der Waals surface area contributed by atoms with Gasteiger partial charge in [0.15, 0.2) is 11.5 Å². The van der Waals surface area contributed by atoms with Crippen LogP contribution in [0.3, 0.4) is 0 Å². The fourth-order valence-electron chi connectivity index (χ4n) is 2.19. The quantitative estimate of drug-likeness (QED) is 0.785. The van der Waals surface area contributed by atoms with E-state index >= 15 is 0 Å². The fraction of sp³-hybridized carbons (Fsp3) is 0.600. The summed E-state index contributed by atoms with van der Waals surface area (Å²) in [6, 6.07) is 4.13. The van der Waals surface area contributed by atoms with Crippen molar-refractivity contribution in [1.29, 1.82) is 0 Å². The zero-order valence-electron chi connectivity index (χ0n) is 12.6. The van der Waals surface area contributed by atoms with Crippen LogP contribution in [0.1, 0.15) is 37.8 Å². The zero-order valence-corrected chi connectivity index (χ0v) is 12.6. The highest BCUT2D eigenvalue weighted by Gasteiger charge is 2.18. The van der Waals surface area contributed by atoms with Crippen molar-refractivity contribution in [3.05, 3.63) is 17.7 Å². The number of nitrogens with one attached hydrogen (secondary N) is 1. The van der Waals surface area contributed by atoms with Gasteiger partial charge in [-0.25, -0.2) is 0 Å². The molecule has 1 unspecified atom stereocenters. The number of unbranched alkanes of at least 4 members (excludes halogenated alkanes) is 1. The molecule has 108 valence electrons. The molecule has 0 saturated carbocycles. The summed E-state index contributed by atoms with van der Waals surface area (Å²) in [7, 11) is 6.92. The molecule has 1 aromatic rings. The first-order valence-corrected chi connectivity index (χ1v) is 6.68. The smallest absolute Gasteiger partial charge is 0.164 e. The third-order valence-corrected chi connectivity index (χ3v) is 3.31. The van der Waals surface area contributed by atoms with E-state index < -0.39 is 0 Å². The van der Waals surface area contributed by atoms with E-state index in [1.54, 1.807) is 21.3 Å². The fourth-order valence-corrected chi connectivity index (χ4v) is 2.19. The van der Waals surface area contributed by atoms with Crippen molar-refractivity contribution in [3.8, 4) is 17.2 Å². The molecule has 0 aromatic heterocycles. The molecule has 0 fully saturated rings. The van der Waals surface area contributed by atoms with Gasteiger partial charge in [-0.15, -0.1) is 0 Å². The molecule has 0 saturated heterocycles. The SMILES string of the molecule is CCCCC(NC)c1cc(OC)c(OC)cc1OC. The summed E-state index contributed by atoms with van der Waals surface area (Å²) in [5.74, 6) is 2.25. The maximum absolute atomic E-state index is 5.47. The summed E-state index contributed by atoms with van der Waals surface area (Å²) in [6.07, 6.45) is 3.41. The molecular formula is C15H25NO3. The van der Waals surface area contributed by atoms with Crippen molar-refractivity contribution in [2.45, 2.75) is 32.2 Å². The lowest BCUT2D eigenvalue weighted by Crippen LogP contribution is -2.17. The van der Waals surface area contributed by atoms with Gasteiger partial charge in [0.05, 0.1) is 21.3 Å². The van der Waals surface area contributed by atoms with Gasteiger partial charge >= 0.3 is 0 Å². The Morgan fingerprint density at radius 2 is 1.58 bits per heavy atom. The second kappa shape index (κ2) is 7.89. The first-order valence-electron chi connectivity index (χ1n) is 6.68. The minimum absolute atomic E-state index is 0.259. The molecule has 1 rings (SSSR count). The second-order valence-corrected chi connectivity index (χ2v) is 4.43. The third-order valence-electron chi connectivity index (χ3n) is 3.31. The van der Waals surface area contributed by atoms with Gasteiger partial charge in [-0.2, -0.15) is 0 Å². The molecule has 0 heterocycles. The highest BCUT2D eigenvalue weighted by atomic mass is 16.5. The van der Waals surface area contributed by atoms with Crippen molar-refractivity contribution in [2.24, 2.45) is 0 Å². The van der Waals surface area contributed by atoms with E-state index in [0.717, 1.165) is 23.5 Å². The van der Waals surface area contributed by atoms with Crippen LogP contribution in [0.5, 0.6) is 17.2 Å². The van der Waals surface area contributed by atoms with Crippen molar-refractivity contribution in [3.63, 3.8) is 0 Å². The van der Waals surface area contributed by atoms with Crippen LogP contribution in [0.2, 0.25) is 0 Å². The average molecular weight is 267 g/mol. The zero-order chi connectivity index (χ0) is 14.3. The Bertz CT molecular complexity index is 393. The lowest BCUT2D eigenvalue weighted by Gasteiger charge is -2.21. The van der Waals surface area contributed by atoms with Crippen molar-refractivity contribution < 1.29 is 14.2 Å². The minimum Gasteiger partial charge on any atom is -0.496 e. The Morgan fingerprint density at radius 1 is 1.00 bits per heavy atom. The van der Waals surface area contributed by atoms with Gasteiger partial charge in [-0.1, -0.05) is 19.8 Å². The van der Waals surface area contributed by atoms with Crippen molar-refractivity contribution >= 4 is 0 Å². The van der Waals surface area contributed by atoms with E-state index in [4.69, 9.17) is 14.2 Å². The molecular weight excluding hydrogens is 242 g/mol. The van der Waals surface area contributed by atoms with E-state index in [9.17, 15) is 0 Å². The predicted molar refractivity (Wildman–Crippen MR) is 77.4 cm³/mol. The Kier molecular flexibility index (Phi) is 6.50. The van der Waals surface area contributed by atoms with Crippen LogP contribution in [0, 0.1) is 0 Å². The Morgan fingerprint density at radius 3 is 2.05 bits per heavy atom. The van der Waals surface area contributed by atoms with Gasteiger partial charge in [0, 0.05) is 17.7 Å². The number of methoxy groups -OCH3 is 3. The predicted octanol–water partition coefficient (Wildman–Crippen LogP) is 3.16. The number of ether oxygens (including phenoxy) is 3. The van der Waals surface area contributed by atoms with Gasteiger partial charge in [-0.3, -0.25) is 0 Å². The molecule has 0 spiro atoms. The molecule has 19 heavy (non-hydrogen) atoms. The normalized spacial score (nSPS) is 12.1. The number of hydrogen-bond donors (Lipinski definition) is 1. The van der Waals surface area contributed by atoms with Crippen LogP contribution in [-0.4, -0.2) is 28.4 Å². The summed E-state index contributed by atoms with van der Waals surface area (Å²) < 4.78 is 16.1. The van der Waals surface area contributed by atoms with Gasteiger partial charge in [-0.05, 0) is 19.5 Å². The molecule has 0 amide bonds. The lowest BCUT2D eigenvalue weighted by molar-refractivity contribution is 0.344. The highest BCUT2D eigenvalue weighted by Crippen LogP contribution is 2.38. The summed E-state index contributed by atoms with van der Waals surface area (Å²) >= 11 is 0.